The third-order valence-corrected chi connectivity index (χ3v) is 4.15. The molecule has 3 N–H and O–H groups in total. The molecule has 0 bridgehead atoms. The van der Waals surface area contributed by atoms with Crippen molar-refractivity contribution >= 4 is 0 Å². The van der Waals surface area contributed by atoms with Gasteiger partial charge in [-0.05, 0) is 67.5 Å². The molecule has 2 rings (SSSR count). The van der Waals surface area contributed by atoms with Crippen molar-refractivity contribution < 1.29 is 0 Å². The summed E-state index contributed by atoms with van der Waals surface area (Å²) < 4.78 is 0. The molecule has 1 unspecified atom stereocenters. The zero-order valence-corrected chi connectivity index (χ0v) is 12.8. The Labute approximate surface area is 122 Å². The highest BCUT2D eigenvalue weighted by Crippen LogP contribution is 2.21. The summed E-state index contributed by atoms with van der Waals surface area (Å²) in [6.45, 7) is 8.57. The van der Waals surface area contributed by atoms with Crippen LogP contribution in [0.5, 0.6) is 0 Å². The molecule has 20 heavy (non-hydrogen) atoms. The standard InChI is InChI=1S/C18H24N2/c1-12-5-7-16(9-14(12)3)11-18(20-19)17-8-6-13(2)15(4)10-17/h5-10,18,20H,11,19H2,1-4H3. The third-order valence-electron chi connectivity index (χ3n) is 4.15. The van der Waals surface area contributed by atoms with Gasteiger partial charge in [0.2, 0.25) is 0 Å². The molecular formula is C18H24N2. The van der Waals surface area contributed by atoms with E-state index in [2.05, 4.69) is 69.5 Å². The lowest BCUT2D eigenvalue weighted by molar-refractivity contribution is 0.551. The smallest absolute Gasteiger partial charge is 0.0500 e. The van der Waals surface area contributed by atoms with Gasteiger partial charge in [-0.25, -0.2) is 0 Å². The average molecular weight is 268 g/mol. The number of hydrogen-bond acceptors (Lipinski definition) is 2. The topological polar surface area (TPSA) is 38.0 Å². The lowest BCUT2D eigenvalue weighted by Crippen LogP contribution is -2.29. The van der Waals surface area contributed by atoms with Crippen LogP contribution in [0.15, 0.2) is 36.4 Å². The first-order chi connectivity index (χ1) is 9.51. The van der Waals surface area contributed by atoms with Crippen LogP contribution in [-0.2, 0) is 6.42 Å². The third kappa shape index (κ3) is 3.27. The Morgan fingerprint density at radius 2 is 1.45 bits per heavy atom. The molecule has 0 amide bonds. The minimum absolute atomic E-state index is 0.149. The van der Waals surface area contributed by atoms with Crippen LogP contribution in [0.25, 0.3) is 0 Å². The number of rotatable bonds is 4. The number of hydrazine groups is 1. The van der Waals surface area contributed by atoms with Gasteiger partial charge in [-0.15, -0.1) is 0 Å². The number of aryl methyl sites for hydroxylation is 4. The van der Waals surface area contributed by atoms with Crippen molar-refractivity contribution in [3.8, 4) is 0 Å². The summed E-state index contributed by atoms with van der Waals surface area (Å²) in [5, 5.41) is 0. The highest BCUT2D eigenvalue weighted by atomic mass is 15.2. The number of hydrogen-bond donors (Lipinski definition) is 2. The van der Waals surface area contributed by atoms with Crippen molar-refractivity contribution in [3.63, 3.8) is 0 Å². The summed E-state index contributed by atoms with van der Waals surface area (Å²) in [7, 11) is 0. The van der Waals surface area contributed by atoms with Gasteiger partial charge in [-0.3, -0.25) is 11.3 Å². The fourth-order valence-corrected chi connectivity index (χ4v) is 2.42. The maximum atomic E-state index is 5.76. The highest BCUT2D eigenvalue weighted by Gasteiger charge is 2.11. The predicted octanol–water partition coefficient (Wildman–Crippen LogP) is 3.67. The Morgan fingerprint density at radius 1 is 0.850 bits per heavy atom. The van der Waals surface area contributed by atoms with Crippen molar-refractivity contribution in [1.82, 2.24) is 5.43 Å². The van der Waals surface area contributed by atoms with Gasteiger partial charge in [0.25, 0.3) is 0 Å². The molecule has 2 aromatic rings. The Kier molecular flexibility index (Phi) is 4.58. The number of benzene rings is 2. The zero-order chi connectivity index (χ0) is 14.7. The molecule has 0 aliphatic heterocycles. The maximum Gasteiger partial charge on any atom is 0.0500 e. The van der Waals surface area contributed by atoms with Crippen LogP contribution in [0, 0.1) is 27.7 Å². The second kappa shape index (κ2) is 6.21. The molecule has 0 saturated heterocycles. The van der Waals surface area contributed by atoms with Crippen LogP contribution in [-0.4, -0.2) is 0 Å². The zero-order valence-electron chi connectivity index (χ0n) is 12.8. The summed E-state index contributed by atoms with van der Waals surface area (Å²) in [6, 6.07) is 13.3. The number of nitrogens with one attached hydrogen (secondary N) is 1. The summed E-state index contributed by atoms with van der Waals surface area (Å²) >= 11 is 0. The second-order valence-corrected chi connectivity index (χ2v) is 5.69. The minimum atomic E-state index is 0.149. The van der Waals surface area contributed by atoms with Crippen LogP contribution < -0.4 is 11.3 Å². The summed E-state index contributed by atoms with van der Waals surface area (Å²) in [5.74, 6) is 5.76. The van der Waals surface area contributed by atoms with Crippen LogP contribution in [0.4, 0.5) is 0 Å². The molecule has 0 spiro atoms. The van der Waals surface area contributed by atoms with E-state index in [1.807, 2.05) is 0 Å². The van der Waals surface area contributed by atoms with E-state index in [0.29, 0.717) is 0 Å². The van der Waals surface area contributed by atoms with E-state index >= 15 is 0 Å². The summed E-state index contributed by atoms with van der Waals surface area (Å²) in [4.78, 5) is 0. The molecule has 0 aliphatic carbocycles. The molecular weight excluding hydrogens is 244 g/mol. The van der Waals surface area contributed by atoms with Gasteiger partial charge in [-0.1, -0.05) is 36.4 Å². The molecule has 0 fully saturated rings. The van der Waals surface area contributed by atoms with E-state index in [1.54, 1.807) is 0 Å². The quantitative estimate of drug-likeness (QED) is 0.656. The van der Waals surface area contributed by atoms with Gasteiger partial charge in [0.1, 0.15) is 0 Å². The molecule has 2 nitrogen and oxygen atoms in total. The van der Waals surface area contributed by atoms with Crippen LogP contribution in [0.3, 0.4) is 0 Å². The molecule has 106 valence electrons. The minimum Gasteiger partial charge on any atom is -0.271 e. The van der Waals surface area contributed by atoms with Gasteiger partial charge < -0.3 is 0 Å². The highest BCUT2D eigenvalue weighted by molar-refractivity contribution is 5.34. The van der Waals surface area contributed by atoms with Gasteiger partial charge in [0.05, 0.1) is 0 Å². The van der Waals surface area contributed by atoms with E-state index in [0.717, 1.165) is 6.42 Å². The lowest BCUT2D eigenvalue weighted by atomic mass is 9.95. The van der Waals surface area contributed by atoms with Crippen molar-refractivity contribution in [3.05, 3.63) is 69.8 Å². The molecule has 2 heteroatoms. The van der Waals surface area contributed by atoms with Crippen molar-refractivity contribution in [1.29, 1.82) is 0 Å². The molecule has 0 heterocycles. The monoisotopic (exact) mass is 268 g/mol. The Bertz CT molecular complexity index is 602. The van der Waals surface area contributed by atoms with Crippen LogP contribution >= 0.6 is 0 Å². The van der Waals surface area contributed by atoms with Crippen molar-refractivity contribution in [2.45, 2.75) is 40.2 Å². The van der Waals surface area contributed by atoms with Gasteiger partial charge in [-0.2, -0.15) is 0 Å². The lowest BCUT2D eigenvalue weighted by Gasteiger charge is -2.18. The Hall–Kier alpha value is -1.64. The Balaban J connectivity index is 2.23. The van der Waals surface area contributed by atoms with E-state index in [-0.39, 0.29) is 6.04 Å². The SMILES string of the molecule is Cc1ccc(CC(NN)c2ccc(C)c(C)c2)cc1C. The van der Waals surface area contributed by atoms with E-state index < -0.39 is 0 Å². The van der Waals surface area contributed by atoms with E-state index in [4.69, 9.17) is 5.84 Å². The first-order valence-corrected chi connectivity index (χ1v) is 7.10. The molecule has 0 saturated carbocycles. The fraction of sp³-hybridized carbons (Fsp3) is 0.333. The molecule has 0 radical (unpaired) electrons. The normalized spacial score (nSPS) is 12.4. The Morgan fingerprint density at radius 3 is 2.00 bits per heavy atom. The van der Waals surface area contributed by atoms with Crippen molar-refractivity contribution in [2.75, 3.05) is 0 Å². The van der Waals surface area contributed by atoms with Crippen LogP contribution in [0.1, 0.15) is 39.4 Å². The molecule has 0 aromatic heterocycles. The molecule has 2 aromatic carbocycles. The largest absolute Gasteiger partial charge is 0.271 e. The molecule has 0 aliphatic rings. The fourth-order valence-electron chi connectivity index (χ4n) is 2.42. The summed E-state index contributed by atoms with van der Waals surface area (Å²) in [6.07, 6.45) is 0.903. The maximum absolute atomic E-state index is 5.76. The van der Waals surface area contributed by atoms with Gasteiger partial charge in [0, 0.05) is 6.04 Å². The van der Waals surface area contributed by atoms with Crippen molar-refractivity contribution in [2.24, 2.45) is 5.84 Å². The first-order valence-electron chi connectivity index (χ1n) is 7.10. The van der Waals surface area contributed by atoms with E-state index in [9.17, 15) is 0 Å². The number of nitrogens with two attached hydrogens (primary N) is 1. The average Bonchev–Trinajstić information content (AvgIpc) is 2.43. The van der Waals surface area contributed by atoms with Gasteiger partial charge in [0.15, 0.2) is 0 Å². The van der Waals surface area contributed by atoms with E-state index in [1.165, 1.54) is 33.4 Å². The summed E-state index contributed by atoms with van der Waals surface area (Å²) in [5.41, 5.74) is 10.8. The molecule has 1 atom stereocenters. The predicted molar refractivity (Wildman–Crippen MR) is 85.6 cm³/mol. The van der Waals surface area contributed by atoms with Gasteiger partial charge >= 0.3 is 0 Å². The second-order valence-electron chi connectivity index (χ2n) is 5.69. The van der Waals surface area contributed by atoms with Crippen LogP contribution in [0.2, 0.25) is 0 Å². The first kappa shape index (κ1) is 14.8.